The number of allylic oxidation sites excluding steroid dienone is 3. The third kappa shape index (κ3) is 9.75. The van der Waals surface area contributed by atoms with Gasteiger partial charge in [-0.2, -0.15) is 0 Å². The molecule has 0 radical (unpaired) electrons. The SMILES string of the molecule is CCCCCC/C=C\CCCCCCCC(=O)OC1CC[C@@]2(C)C(=CCC3C2CC[C@@]2(C)C3CC[C@@H]2[C@H](C)CCCC(C)C)C1. The Bertz CT molecular complexity index is 945. The van der Waals surface area contributed by atoms with Crippen molar-refractivity contribution in [3.05, 3.63) is 23.8 Å². The van der Waals surface area contributed by atoms with Gasteiger partial charge in [0.15, 0.2) is 0 Å². The van der Waals surface area contributed by atoms with Crippen molar-refractivity contribution in [2.75, 3.05) is 0 Å². The van der Waals surface area contributed by atoms with Crippen molar-refractivity contribution in [3.63, 3.8) is 0 Å². The van der Waals surface area contributed by atoms with E-state index in [0.29, 0.717) is 17.3 Å². The van der Waals surface area contributed by atoms with Crippen LogP contribution in [-0.2, 0) is 9.53 Å². The fraction of sp³-hybridized carbons (Fsp3) is 0.884. The molecule has 0 spiro atoms. The highest BCUT2D eigenvalue weighted by molar-refractivity contribution is 5.69. The smallest absolute Gasteiger partial charge is 0.306 e. The van der Waals surface area contributed by atoms with Crippen LogP contribution in [0.5, 0.6) is 0 Å². The fourth-order valence-electron chi connectivity index (χ4n) is 11.0. The maximum absolute atomic E-state index is 12.8. The van der Waals surface area contributed by atoms with Crippen molar-refractivity contribution in [3.8, 4) is 0 Å². The Morgan fingerprint density at radius 3 is 2.29 bits per heavy atom. The van der Waals surface area contributed by atoms with Gasteiger partial charge in [-0.15, -0.1) is 0 Å². The van der Waals surface area contributed by atoms with Crippen molar-refractivity contribution in [1.82, 2.24) is 0 Å². The van der Waals surface area contributed by atoms with E-state index in [-0.39, 0.29) is 12.1 Å². The molecule has 0 aliphatic heterocycles. The lowest BCUT2D eigenvalue weighted by Gasteiger charge is -2.58. The molecule has 0 aromatic heterocycles. The van der Waals surface area contributed by atoms with Crippen molar-refractivity contribution in [2.24, 2.45) is 46.3 Å². The number of fused-ring (bicyclic) bond motifs is 5. The molecule has 0 heterocycles. The Kier molecular flexibility index (Phi) is 14.6. The normalized spacial score (nSPS) is 33.5. The fourth-order valence-corrected chi connectivity index (χ4v) is 11.0. The third-order valence-electron chi connectivity index (χ3n) is 13.7. The number of unbranched alkanes of at least 4 members (excludes halogenated alkanes) is 9. The molecule has 4 unspecified atom stereocenters. The van der Waals surface area contributed by atoms with Gasteiger partial charge in [0.2, 0.25) is 0 Å². The molecular formula is C43H74O2. The number of carbonyl (C=O) groups excluding carboxylic acids is 1. The first-order valence-corrected chi connectivity index (χ1v) is 20.2. The molecular weight excluding hydrogens is 548 g/mol. The number of hydrogen-bond acceptors (Lipinski definition) is 2. The summed E-state index contributed by atoms with van der Waals surface area (Å²) in [6.07, 6.45) is 36.5. The highest BCUT2D eigenvalue weighted by Gasteiger charge is 2.59. The second-order valence-corrected chi connectivity index (χ2v) is 17.3. The van der Waals surface area contributed by atoms with Crippen LogP contribution in [0, 0.1) is 46.3 Å². The van der Waals surface area contributed by atoms with Crippen LogP contribution < -0.4 is 0 Å². The van der Waals surface area contributed by atoms with Gasteiger partial charge in [-0.25, -0.2) is 0 Å². The van der Waals surface area contributed by atoms with Gasteiger partial charge in [0.25, 0.3) is 0 Å². The highest BCUT2D eigenvalue weighted by Crippen LogP contribution is 2.67. The number of esters is 1. The van der Waals surface area contributed by atoms with E-state index in [4.69, 9.17) is 4.74 Å². The number of rotatable bonds is 19. The van der Waals surface area contributed by atoms with Crippen molar-refractivity contribution < 1.29 is 9.53 Å². The van der Waals surface area contributed by atoms with Crippen LogP contribution in [0.15, 0.2) is 23.8 Å². The zero-order valence-electron chi connectivity index (χ0n) is 30.9. The van der Waals surface area contributed by atoms with E-state index >= 15 is 0 Å². The lowest BCUT2D eigenvalue weighted by molar-refractivity contribution is -0.151. The largest absolute Gasteiger partial charge is 0.462 e. The van der Waals surface area contributed by atoms with E-state index in [1.807, 2.05) is 0 Å². The molecule has 2 heteroatoms. The minimum Gasteiger partial charge on any atom is -0.462 e. The van der Waals surface area contributed by atoms with E-state index in [1.54, 1.807) is 5.57 Å². The molecule has 8 atom stereocenters. The highest BCUT2D eigenvalue weighted by atomic mass is 16.5. The summed E-state index contributed by atoms with van der Waals surface area (Å²) < 4.78 is 6.11. The molecule has 0 saturated heterocycles. The summed E-state index contributed by atoms with van der Waals surface area (Å²) in [7, 11) is 0. The lowest BCUT2D eigenvalue weighted by Crippen LogP contribution is -2.51. The first-order valence-electron chi connectivity index (χ1n) is 20.2. The average Bonchev–Trinajstić information content (AvgIpc) is 3.37. The average molecular weight is 623 g/mol. The van der Waals surface area contributed by atoms with Gasteiger partial charge >= 0.3 is 5.97 Å². The van der Waals surface area contributed by atoms with Crippen molar-refractivity contribution in [1.29, 1.82) is 0 Å². The predicted octanol–water partition coefficient (Wildman–Crippen LogP) is 13.2. The van der Waals surface area contributed by atoms with E-state index < -0.39 is 0 Å². The van der Waals surface area contributed by atoms with Crippen molar-refractivity contribution >= 4 is 5.97 Å². The molecule has 4 aliphatic rings. The van der Waals surface area contributed by atoms with Crippen LogP contribution in [0.2, 0.25) is 0 Å². The van der Waals surface area contributed by atoms with Gasteiger partial charge in [-0.05, 0) is 123 Å². The summed E-state index contributed by atoms with van der Waals surface area (Å²) in [5.74, 6) is 5.32. The molecule has 2 nitrogen and oxygen atoms in total. The Balaban J connectivity index is 1.16. The first kappa shape index (κ1) is 36.8. The summed E-state index contributed by atoms with van der Waals surface area (Å²) in [6, 6.07) is 0. The molecule has 0 aromatic rings. The lowest BCUT2D eigenvalue weighted by atomic mass is 9.47. The van der Waals surface area contributed by atoms with Crippen LogP contribution in [0.25, 0.3) is 0 Å². The Hall–Kier alpha value is -1.05. The molecule has 45 heavy (non-hydrogen) atoms. The first-order chi connectivity index (χ1) is 21.7. The minimum absolute atomic E-state index is 0.0526. The van der Waals surface area contributed by atoms with Gasteiger partial charge in [0, 0.05) is 12.8 Å². The number of carbonyl (C=O) groups is 1. The zero-order valence-corrected chi connectivity index (χ0v) is 30.9. The van der Waals surface area contributed by atoms with E-state index in [0.717, 1.165) is 61.2 Å². The third-order valence-corrected chi connectivity index (χ3v) is 13.7. The van der Waals surface area contributed by atoms with Crippen LogP contribution in [0.4, 0.5) is 0 Å². The van der Waals surface area contributed by atoms with Gasteiger partial charge in [0.05, 0.1) is 0 Å². The van der Waals surface area contributed by atoms with Crippen LogP contribution in [0.3, 0.4) is 0 Å². The summed E-state index contributed by atoms with van der Waals surface area (Å²) in [5.41, 5.74) is 2.53. The molecule has 4 rings (SSSR count). The molecule has 3 saturated carbocycles. The Labute approximate surface area is 280 Å². The minimum atomic E-state index is 0.0526. The molecule has 258 valence electrons. The second kappa shape index (κ2) is 17.9. The van der Waals surface area contributed by atoms with Gasteiger partial charge in [-0.3, -0.25) is 4.79 Å². The van der Waals surface area contributed by atoms with Gasteiger partial charge in [-0.1, -0.05) is 123 Å². The summed E-state index contributed by atoms with van der Waals surface area (Å²) in [4.78, 5) is 12.8. The molecule has 3 fully saturated rings. The van der Waals surface area contributed by atoms with Crippen LogP contribution in [0.1, 0.15) is 189 Å². The molecule has 0 bridgehead atoms. The molecule has 0 N–H and O–H groups in total. The standard InChI is InChI=1S/C43H74O2/c1-7-8-9-10-11-12-13-14-15-16-17-18-19-23-41(44)45-36-28-30-42(5)35(32-36)24-25-37-39-27-26-38(34(4)22-20-21-33(2)3)43(39,6)31-29-40(37)42/h12-13,24,33-34,36-40H,7-11,14-23,25-32H2,1-6H3/b13-12-/t34-,36?,37?,38-,39?,40?,42+,43-/m1/s1. The zero-order chi connectivity index (χ0) is 32.3. The van der Waals surface area contributed by atoms with E-state index in [1.165, 1.54) is 116 Å². The van der Waals surface area contributed by atoms with Gasteiger partial charge < -0.3 is 4.74 Å². The van der Waals surface area contributed by atoms with Crippen molar-refractivity contribution in [2.45, 2.75) is 195 Å². The predicted molar refractivity (Wildman–Crippen MR) is 193 cm³/mol. The molecule has 4 aliphatic carbocycles. The maximum atomic E-state index is 12.8. The van der Waals surface area contributed by atoms with Gasteiger partial charge in [0.1, 0.15) is 6.10 Å². The number of ether oxygens (including phenoxy) is 1. The Morgan fingerprint density at radius 2 is 1.56 bits per heavy atom. The quantitative estimate of drug-likeness (QED) is 0.0814. The van der Waals surface area contributed by atoms with E-state index in [9.17, 15) is 4.79 Å². The summed E-state index contributed by atoms with van der Waals surface area (Å²) >= 11 is 0. The van der Waals surface area contributed by atoms with E-state index in [2.05, 4.69) is 59.8 Å². The monoisotopic (exact) mass is 623 g/mol. The maximum Gasteiger partial charge on any atom is 0.306 e. The Morgan fingerprint density at radius 1 is 0.844 bits per heavy atom. The second-order valence-electron chi connectivity index (χ2n) is 17.3. The topological polar surface area (TPSA) is 26.3 Å². The molecule has 0 aromatic carbocycles. The van der Waals surface area contributed by atoms with Crippen LogP contribution >= 0.6 is 0 Å². The summed E-state index contributed by atoms with van der Waals surface area (Å²) in [6.45, 7) is 14.9. The number of hydrogen-bond donors (Lipinski definition) is 0. The van der Waals surface area contributed by atoms with Crippen LogP contribution in [-0.4, -0.2) is 12.1 Å². The molecule has 0 amide bonds. The summed E-state index contributed by atoms with van der Waals surface area (Å²) in [5, 5.41) is 0.